The minimum Gasteiger partial charge on any atom is -0.497 e. The van der Waals surface area contributed by atoms with Gasteiger partial charge in [-0.3, -0.25) is 0 Å². The molecule has 0 fully saturated rings. The standard InChI is InChI=1S/C11H14N4O2/c1-16-8-2-3-9(12)10(6-8)13-5-4-11-14-7-15-17-11/h2-3,6-7,13H,4-5,12H2,1H3. The molecule has 1 aromatic heterocycles. The van der Waals surface area contributed by atoms with Crippen LogP contribution >= 0.6 is 0 Å². The molecule has 2 aromatic rings. The number of methoxy groups -OCH3 is 1. The average Bonchev–Trinajstić information content (AvgIpc) is 2.84. The molecular weight excluding hydrogens is 220 g/mol. The molecule has 17 heavy (non-hydrogen) atoms. The molecule has 3 N–H and O–H groups in total. The van der Waals surface area contributed by atoms with Crippen molar-refractivity contribution in [3.63, 3.8) is 0 Å². The maximum atomic E-state index is 5.83. The van der Waals surface area contributed by atoms with Crippen LogP contribution in [-0.4, -0.2) is 23.8 Å². The van der Waals surface area contributed by atoms with E-state index in [-0.39, 0.29) is 0 Å². The fourth-order valence-electron chi connectivity index (χ4n) is 1.43. The van der Waals surface area contributed by atoms with Gasteiger partial charge in [0.1, 0.15) is 5.75 Å². The van der Waals surface area contributed by atoms with E-state index in [2.05, 4.69) is 15.5 Å². The van der Waals surface area contributed by atoms with E-state index >= 15 is 0 Å². The smallest absolute Gasteiger partial charge is 0.228 e. The molecule has 1 heterocycles. The lowest BCUT2D eigenvalue weighted by atomic mass is 10.2. The Hall–Kier alpha value is -2.24. The second kappa shape index (κ2) is 5.20. The molecule has 1 aromatic carbocycles. The second-order valence-corrected chi connectivity index (χ2v) is 3.46. The van der Waals surface area contributed by atoms with Crippen molar-refractivity contribution < 1.29 is 9.26 Å². The van der Waals surface area contributed by atoms with E-state index in [9.17, 15) is 0 Å². The van der Waals surface area contributed by atoms with E-state index in [4.69, 9.17) is 15.0 Å². The highest BCUT2D eigenvalue weighted by Gasteiger charge is 2.02. The molecule has 0 saturated carbocycles. The number of ether oxygens (including phenoxy) is 1. The van der Waals surface area contributed by atoms with Crippen LogP contribution in [0.3, 0.4) is 0 Å². The van der Waals surface area contributed by atoms with Crippen molar-refractivity contribution in [2.75, 3.05) is 24.7 Å². The SMILES string of the molecule is COc1ccc(N)c(NCCc2ncno2)c1. The number of hydrogen-bond donors (Lipinski definition) is 2. The summed E-state index contributed by atoms with van der Waals surface area (Å²) in [5.74, 6) is 1.36. The molecular formula is C11H14N4O2. The van der Waals surface area contributed by atoms with Crippen LogP contribution in [0, 0.1) is 0 Å². The zero-order chi connectivity index (χ0) is 12.1. The summed E-state index contributed by atoms with van der Waals surface area (Å²) in [5, 5.41) is 6.73. The largest absolute Gasteiger partial charge is 0.497 e. The molecule has 0 bridgehead atoms. The number of aromatic nitrogens is 2. The lowest BCUT2D eigenvalue weighted by Gasteiger charge is -2.09. The summed E-state index contributed by atoms with van der Waals surface area (Å²) < 4.78 is 10.0. The summed E-state index contributed by atoms with van der Waals surface area (Å²) in [7, 11) is 1.62. The zero-order valence-electron chi connectivity index (χ0n) is 9.51. The van der Waals surface area contributed by atoms with Crippen LogP contribution in [0.25, 0.3) is 0 Å². The van der Waals surface area contributed by atoms with E-state index in [0.717, 1.165) is 11.4 Å². The summed E-state index contributed by atoms with van der Waals surface area (Å²) >= 11 is 0. The van der Waals surface area contributed by atoms with Gasteiger partial charge in [0.15, 0.2) is 6.33 Å². The lowest BCUT2D eigenvalue weighted by molar-refractivity contribution is 0.380. The van der Waals surface area contributed by atoms with Gasteiger partial charge in [-0.25, -0.2) is 0 Å². The van der Waals surface area contributed by atoms with Crippen LogP contribution in [0.4, 0.5) is 11.4 Å². The first-order valence-electron chi connectivity index (χ1n) is 5.22. The Morgan fingerprint density at radius 2 is 2.35 bits per heavy atom. The first-order chi connectivity index (χ1) is 8.29. The molecule has 0 radical (unpaired) electrons. The highest BCUT2D eigenvalue weighted by atomic mass is 16.5. The second-order valence-electron chi connectivity index (χ2n) is 3.46. The van der Waals surface area contributed by atoms with Crippen molar-refractivity contribution >= 4 is 11.4 Å². The molecule has 0 aliphatic heterocycles. The van der Waals surface area contributed by atoms with Gasteiger partial charge in [-0.2, -0.15) is 4.98 Å². The molecule has 90 valence electrons. The number of nitrogen functional groups attached to an aromatic ring is 1. The van der Waals surface area contributed by atoms with E-state index < -0.39 is 0 Å². The molecule has 2 rings (SSSR count). The van der Waals surface area contributed by atoms with Crippen molar-refractivity contribution in [1.29, 1.82) is 0 Å². The number of benzene rings is 1. The predicted molar refractivity (Wildman–Crippen MR) is 63.9 cm³/mol. The van der Waals surface area contributed by atoms with E-state index in [1.54, 1.807) is 13.2 Å². The highest BCUT2D eigenvalue weighted by molar-refractivity contribution is 5.68. The zero-order valence-corrected chi connectivity index (χ0v) is 9.51. The minimum atomic E-state index is 0.596. The number of hydrogen-bond acceptors (Lipinski definition) is 6. The summed E-state index contributed by atoms with van der Waals surface area (Å²) in [6, 6.07) is 5.47. The van der Waals surface area contributed by atoms with Crippen molar-refractivity contribution in [2.45, 2.75) is 6.42 Å². The first kappa shape index (κ1) is 11.3. The van der Waals surface area contributed by atoms with Crippen LogP contribution in [0.5, 0.6) is 5.75 Å². The number of nitrogens with two attached hydrogens (primary N) is 1. The van der Waals surface area contributed by atoms with Crippen LogP contribution < -0.4 is 15.8 Å². The number of nitrogens with one attached hydrogen (secondary N) is 1. The molecule has 0 amide bonds. The Kier molecular flexibility index (Phi) is 3.44. The quantitative estimate of drug-likeness (QED) is 0.759. The van der Waals surface area contributed by atoms with Crippen LogP contribution in [0.15, 0.2) is 29.0 Å². The van der Waals surface area contributed by atoms with E-state index in [1.807, 2.05) is 12.1 Å². The summed E-state index contributed by atoms with van der Waals surface area (Å²) in [5.41, 5.74) is 7.35. The van der Waals surface area contributed by atoms with Crippen molar-refractivity contribution in [1.82, 2.24) is 10.1 Å². The van der Waals surface area contributed by atoms with Crippen LogP contribution in [-0.2, 0) is 6.42 Å². The van der Waals surface area contributed by atoms with Gasteiger partial charge in [0.05, 0.1) is 18.5 Å². The molecule has 0 aliphatic rings. The molecule has 0 aliphatic carbocycles. The third-order valence-corrected chi connectivity index (χ3v) is 2.32. The van der Waals surface area contributed by atoms with Crippen molar-refractivity contribution in [2.24, 2.45) is 0 Å². The fraction of sp³-hybridized carbons (Fsp3) is 0.273. The van der Waals surface area contributed by atoms with Gasteiger partial charge >= 0.3 is 0 Å². The summed E-state index contributed by atoms with van der Waals surface area (Å²) in [4.78, 5) is 3.93. The summed E-state index contributed by atoms with van der Waals surface area (Å²) in [6.07, 6.45) is 2.03. The van der Waals surface area contributed by atoms with E-state index in [1.165, 1.54) is 6.33 Å². The Morgan fingerprint density at radius 3 is 3.06 bits per heavy atom. The Labute approximate surface area is 98.8 Å². The fourth-order valence-corrected chi connectivity index (χ4v) is 1.43. The monoisotopic (exact) mass is 234 g/mol. The molecule has 6 heteroatoms. The van der Waals surface area contributed by atoms with Crippen molar-refractivity contribution in [3.8, 4) is 5.75 Å². The normalized spacial score (nSPS) is 10.2. The van der Waals surface area contributed by atoms with Gasteiger partial charge < -0.3 is 20.3 Å². The van der Waals surface area contributed by atoms with E-state index in [0.29, 0.717) is 24.5 Å². The topological polar surface area (TPSA) is 86.2 Å². The van der Waals surface area contributed by atoms with Gasteiger partial charge in [-0.15, -0.1) is 0 Å². The van der Waals surface area contributed by atoms with Crippen LogP contribution in [0.2, 0.25) is 0 Å². The number of nitrogens with zero attached hydrogens (tertiary/aromatic N) is 2. The third kappa shape index (κ3) is 2.87. The Balaban J connectivity index is 1.94. The minimum absolute atomic E-state index is 0.596. The highest BCUT2D eigenvalue weighted by Crippen LogP contribution is 2.24. The third-order valence-electron chi connectivity index (χ3n) is 2.32. The predicted octanol–water partition coefficient (Wildman–Crippen LogP) is 1.31. The molecule has 0 unspecified atom stereocenters. The Bertz CT molecular complexity index is 470. The van der Waals surface area contributed by atoms with Gasteiger partial charge in [0, 0.05) is 19.0 Å². The average molecular weight is 234 g/mol. The maximum absolute atomic E-state index is 5.83. The molecule has 0 saturated heterocycles. The van der Waals surface area contributed by atoms with Crippen LogP contribution in [0.1, 0.15) is 5.89 Å². The first-order valence-corrected chi connectivity index (χ1v) is 5.22. The Morgan fingerprint density at radius 1 is 1.47 bits per heavy atom. The maximum Gasteiger partial charge on any atom is 0.228 e. The van der Waals surface area contributed by atoms with Gasteiger partial charge in [-0.05, 0) is 12.1 Å². The van der Waals surface area contributed by atoms with Crippen molar-refractivity contribution in [3.05, 3.63) is 30.4 Å². The number of anilines is 2. The summed E-state index contributed by atoms with van der Waals surface area (Å²) in [6.45, 7) is 0.666. The molecule has 6 nitrogen and oxygen atoms in total. The molecule has 0 spiro atoms. The lowest BCUT2D eigenvalue weighted by Crippen LogP contribution is -2.07. The molecule has 0 atom stereocenters. The van der Waals surface area contributed by atoms with Gasteiger partial charge in [0.25, 0.3) is 0 Å². The number of rotatable bonds is 5. The van der Waals surface area contributed by atoms with Gasteiger partial charge in [0.2, 0.25) is 5.89 Å². The van der Waals surface area contributed by atoms with Gasteiger partial charge in [-0.1, -0.05) is 5.16 Å².